The molecule has 1 saturated heterocycles. The van der Waals surface area contributed by atoms with Crippen molar-refractivity contribution in [1.82, 2.24) is 9.88 Å². The van der Waals surface area contributed by atoms with Gasteiger partial charge in [0.25, 0.3) is 5.91 Å². The van der Waals surface area contributed by atoms with Crippen LogP contribution in [0, 0.1) is 6.92 Å². The highest BCUT2D eigenvalue weighted by atomic mass is 35.5. The van der Waals surface area contributed by atoms with Crippen molar-refractivity contribution >= 4 is 34.8 Å². The lowest BCUT2D eigenvalue weighted by atomic mass is 10.0. The SMILES string of the molecule is Cc1nc(C(=O)N2CCCCC2C(N)=O)c(-c2cccc(Cl)c2)s1. The maximum absolute atomic E-state index is 13.0. The monoisotopic (exact) mass is 363 g/mol. The normalized spacial score (nSPS) is 17.8. The molecule has 126 valence electrons. The highest BCUT2D eigenvalue weighted by molar-refractivity contribution is 7.15. The van der Waals surface area contributed by atoms with Crippen LogP contribution in [0.15, 0.2) is 24.3 Å². The average molecular weight is 364 g/mol. The molecule has 1 aromatic heterocycles. The van der Waals surface area contributed by atoms with Crippen molar-refractivity contribution < 1.29 is 9.59 Å². The van der Waals surface area contributed by atoms with Crippen LogP contribution in [0.4, 0.5) is 0 Å². The number of carbonyl (C=O) groups is 2. The third-order valence-electron chi connectivity index (χ3n) is 4.12. The first-order chi connectivity index (χ1) is 11.5. The number of rotatable bonds is 3. The molecule has 1 atom stereocenters. The zero-order valence-corrected chi connectivity index (χ0v) is 14.9. The smallest absolute Gasteiger partial charge is 0.274 e. The Morgan fingerprint density at radius 3 is 2.88 bits per heavy atom. The number of likely N-dealkylation sites (tertiary alicyclic amines) is 1. The fraction of sp³-hybridized carbons (Fsp3) is 0.353. The molecule has 2 aromatic rings. The van der Waals surface area contributed by atoms with Crippen LogP contribution in [-0.2, 0) is 4.79 Å². The molecule has 0 aliphatic carbocycles. The van der Waals surface area contributed by atoms with Gasteiger partial charge in [0.1, 0.15) is 11.7 Å². The summed E-state index contributed by atoms with van der Waals surface area (Å²) in [6.45, 7) is 2.38. The number of benzene rings is 1. The molecule has 2 amide bonds. The standard InChI is InChI=1S/C17H18ClN3O2S/c1-10-20-14(15(24-10)11-5-4-6-12(18)9-11)17(23)21-8-3-2-7-13(21)16(19)22/h4-6,9,13H,2-3,7-8H2,1H3,(H2,19,22). The van der Waals surface area contributed by atoms with Crippen molar-refractivity contribution in [2.75, 3.05) is 6.54 Å². The summed E-state index contributed by atoms with van der Waals surface area (Å²) in [5.74, 6) is -0.697. The summed E-state index contributed by atoms with van der Waals surface area (Å²) in [6, 6.07) is 6.78. The number of aromatic nitrogens is 1. The van der Waals surface area contributed by atoms with E-state index in [9.17, 15) is 9.59 Å². The van der Waals surface area contributed by atoms with Crippen LogP contribution in [0.3, 0.4) is 0 Å². The van der Waals surface area contributed by atoms with Gasteiger partial charge < -0.3 is 10.6 Å². The van der Waals surface area contributed by atoms with Crippen LogP contribution in [0.2, 0.25) is 5.02 Å². The molecule has 1 aromatic carbocycles. The molecule has 3 rings (SSSR count). The summed E-state index contributed by atoms with van der Waals surface area (Å²) in [5.41, 5.74) is 6.70. The summed E-state index contributed by atoms with van der Waals surface area (Å²) in [4.78, 5) is 31.5. The van der Waals surface area contributed by atoms with E-state index in [-0.39, 0.29) is 5.91 Å². The van der Waals surface area contributed by atoms with E-state index >= 15 is 0 Å². The third-order valence-corrected chi connectivity index (χ3v) is 5.37. The molecule has 2 heterocycles. The Morgan fingerprint density at radius 2 is 2.17 bits per heavy atom. The van der Waals surface area contributed by atoms with E-state index in [2.05, 4.69) is 4.98 Å². The van der Waals surface area contributed by atoms with E-state index in [0.717, 1.165) is 28.3 Å². The summed E-state index contributed by atoms with van der Waals surface area (Å²) in [7, 11) is 0. The molecule has 1 aliphatic rings. The number of aryl methyl sites for hydroxylation is 1. The molecule has 0 spiro atoms. The summed E-state index contributed by atoms with van der Waals surface area (Å²) < 4.78 is 0. The maximum Gasteiger partial charge on any atom is 0.274 e. The van der Waals surface area contributed by atoms with Crippen molar-refractivity contribution in [2.24, 2.45) is 5.73 Å². The number of nitrogens with zero attached hydrogens (tertiary/aromatic N) is 2. The van der Waals surface area contributed by atoms with Crippen molar-refractivity contribution in [1.29, 1.82) is 0 Å². The Hall–Kier alpha value is -1.92. The highest BCUT2D eigenvalue weighted by Crippen LogP contribution is 2.33. The lowest BCUT2D eigenvalue weighted by Crippen LogP contribution is -2.50. The van der Waals surface area contributed by atoms with Gasteiger partial charge in [-0.2, -0.15) is 0 Å². The lowest BCUT2D eigenvalue weighted by Gasteiger charge is -2.33. The topological polar surface area (TPSA) is 76.3 Å². The quantitative estimate of drug-likeness (QED) is 0.909. The minimum absolute atomic E-state index is 0.238. The number of nitrogens with two attached hydrogens (primary N) is 1. The van der Waals surface area contributed by atoms with Crippen molar-refractivity contribution in [2.45, 2.75) is 32.2 Å². The fourth-order valence-corrected chi connectivity index (χ4v) is 4.10. The lowest BCUT2D eigenvalue weighted by molar-refractivity contribution is -0.123. The van der Waals surface area contributed by atoms with Gasteiger partial charge in [-0.3, -0.25) is 9.59 Å². The Kier molecular flexibility index (Phi) is 4.87. The van der Waals surface area contributed by atoms with Gasteiger partial charge in [0.2, 0.25) is 5.91 Å². The number of primary amides is 1. The Bertz CT molecular complexity index is 790. The Morgan fingerprint density at radius 1 is 1.38 bits per heavy atom. The molecular weight excluding hydrogens is 346 g/mol. The van der Waals surface area contributed by atoms with Gasteiger partial charge in [-0.25, -0.2) is 4.98 Å². The summed E-state index contributed by atoms with van der Waals surface area (Å²) in [6.07, 6.45) is 2.37. The largest absolute Gasteiger partial charge is 0.368 e. The maximum atomic E-state index is 13.0. The Labute approximate surface area is 149 Å². The van der Waals surface area contributed by atoms with Gasteiger partial charge in [0.05, 0.1) is 9.88 Å². The first kappa shape index (κ1) is 16.9. The van der Waals surface area contributed by atoms with Crippen LogP contribution in [0.5, 0.6) is 0 Å². The molecule has 0 bridgehead atoms. The van der Waals surface area contributed by atoms with Gasteiger partial charge in [-0.05, 0) is 43.9 Å². The molecular formula is C17H18ClN3O2S. The van der Waals surface area contributed by atoms with E-state index in [0.29, 0.717) is 23.7 Å². The van der Waals surface area contributed by atoms with Crippen molar-refractivity contribution in [3.8, 4) is 10.4 Å². The second-order valence-electron chi connectivity index (χ2n) is 5.83. The van der Waals surface area contributed by atoms with E-state index in [1.165, 1.54) is 11.3 Å². The highest BCUT2D eigenvalue weighted by Gasteiger charge is 2.33. The summed E-state index contributed by atoms with van der Waals surface area (Å²) in [5, 5.41) is 1.39. The van der Waals surface area contributed by atoms with Crippen LogP contribution in [-0.4, -0.2) is 34.3 Å². The molecule has 2 N–H and O–H groups in total. The van der Waals surface area contributed by atoms with E-state index in [4.69, 9.17) is 17.3 Å². The Balaban J connectivity index is 2.00. The van der Waals surface area contributed by atoms with E-state index < -0.39 is 11.9 Å². The molecule has 5 nitrogen and oxygen atoms in total. The number of thiazole rings is 1. The zero-order valence-electron chi connectivity index (χ0n) is 13.3. The molecule has 24 heavy (non-hydrogen) atoms. The second-order valence-corrected chi connectivity index (χ2v) is 7.47. The molecule has 7 heteroatoms. The number of halogens is 1. The zero-order chi connectivity index (χ0) is 17.3. The average Bonchev–Trinajstić information content (AvgIpc) is 2.96. The van der Waals surface area contributed by atoms with Crippen LogP contribution in [0.25, 0.3) is 10.4 Å². The number of hydrogen-bond acceptors (Lipinski definition) is 4. The first-order valence-corrected chi connectivity index (χ1v) is 9.00. The summed E-state index contributed by atoms with van der Waals surface area (Å²) >= 11 is 7.52. The molecule has 1 aliphatic heterocycles. The van der Waals surface area contributed by atoms with Crippen LogP contribution < -0.4 is 5.73 Å². The van der Waals surface area contributed by atoms with E-state index in [1.807, 2.05) is 25.1 Å². The minimum atomic E-state index is -0.555. The van der Waals surface area contributed by atoms with Gasteiger partial charge in [0.15, 0.2) is 0 Å². The van der Waals surface area contributed by atoms with Crippen LogP contribution in [0.1, 0.15) is 34.8 Å². The van der Waals surface area contributed by atoms with Gasteiger partial charge in [-0.15, -0.1) is 11.3 Å². The van der Waals surface area contributed by atoms with Gasteiger partial charge in [0, 0.05) is 11.6 Å². The molecule has 0 radical (unpaired) electrons. The number of carbonyl (C=O) groups excluding carboxylic acids is 2. The minimum Gasteiger partial charge on any atom is -0.368 e. The molecule has 1 unspecified atom stereocenters. The predicted molar refractivity (Wildman–Crippen MR) is 95.2 cm³/mol. The van der Waals surface area contributed by atoms with E-state index in [1.54, 1.807) is 11.0 Å². The second kappa shape index (κ2) is 6.91. The fourth-order valence-electron chi connectivity index (χ4n) is 3.00. The van der Waals surface area contributed by atoms with Crippen LogP contribution >= 0.6 is 22.9 Å². The van der Waals surface area contributed by atoms with Gasteiger partial charge >= 0.3 is 0 Å². The number of piperidine rings is 1. The van der Waals surface area contributed by atoms with Crippen molar-refractivity contribution in [3.05, 3.63) is 40.0 Å². The molecule has 0 saturated carbocycles. The third kappa shape index (κ3) is 3.30. The van der Waals surface area contributed by atoms with Crippen molar-refractivity contribution in [3.63, 3.8) is 0 Å². The molecule has 1 fully saturated rings. The predicted octanol–water partition coefficient (Wildman–Crippen LogP) is 3.25. The first-order valence-electron chi connectivity index (χ1n) is 7.81. The van der Waals surface area contributed by atoms with Gasteiger partial charge in [-0.1, -0.05) is 23.7 Å². The number of hydrogen-bond donors (Lipinski definition) is 1. The number of amides is 2.